The molecule has 1 rings (SSSR count). The third-order valence-corrected chi connectivity index (χ3v) is 2.34. The van der Waals surface area contributed by atoms with Gasteiger partial charge in [0.1, 0.15) is 6.04 Å². The van der Waals surface area contributed by atoms with Gasteiger partial charge in [-0.15, -0.1) is 0 Å². The Balaban J connectivity index is 2.91. The molecular weight excluding hydrogens is 203 g/mol. The fraction of sp³-hybridized carbons (Fsp3) is 0.667. The van der Waals surface area contributed by atoms with E-state index in [1.165, 1.54) is 0 Å². The molecule has 0 aromatic heterocycles. The summed E-state index contributed by atoms with van der Waals surface area (Å²) in [6, 6.07) is -1.32. The first kappa shape index (κ1) is 9.61. The van der Waals surface area contributed by atoms with E-state index in [4.69, 9.17) is 23.6 Å². The first-order chi connectivity index (χ1) is 5.46. The van der Waals surface area contributed by atoms with Crippen LogP contribution in [0, 0.1) is 5.92 Å². The van der Waals surface area contributed by atoms with Crippen molar-refractivity contribution in [1.29, 1.82) is 0 Å². The van der Waals surface area contributed by atoms with Gasteiger partial charge in [-0.2, -0.15) is 4.42 Å². The number of hydrogen-bond acceptors (Lipinski definition) is 2. The third-order valence-electron chi connectivity index (χ3n) is 1.67. The Morgan fingerprint density at radius 2 is 1.83 bits per heavy atom. The second kappa shape index (κ2) is 3.11. The van der Waals surface area contributed by atoms with Crippen LogP contribution >= 0.6 is 23.6 Å². The van der Waals surface area contributed by atoms with Gasteiger partial charge in [0.05, 0.1) is 0 Å². The lowest BCUT2D eigenvalue weighted by Crippen LogP contribution is -2.32. The minimum atomic E-state index is -0.679. The second-order valence-corrected chi connectivity index (χ2v) is 3.60. The number of nitrogens with zero attached hydrogens (tertiary/aromatic N) is 2. The first-order valence-electron chi connectivity index (χ1n) is 3.45. The number of urea groups is 1. The summed E-state index contributed by atoms with van der Waals surface area (Å²) in [5.41, 5.74) is 0. The average molecular weight is 211 g/mol. The molecule has 0 radical (unpaired) electrons. The lowest BCUT2D eigenvalue weighted by atomic mass is 10.1. The molecule has 1 aliphatic heterocycles. The van der Waals surface area contributed by atoms with Crippen LogP contribution in [0.2, 0.25) is 0 Å². The third kappa shape index (κ3) is 1.25. The molecule has 12 heavy (non-hydrogen) atoms. The highest BCUT2D eigenvalue weighted by Crippen LogP contribution is 2.26. The van der Waals surface area contributed by atoms with Crippen molar-refractivity contribution in [3.8, 4) is 0 Å². The monoisotopic (exact) mass is 210 g/mol. The van der Waals surface area contributed by atoms with Gasteiger partial charge in [0.25, 0.3) is 5.91 Å². The van der Waals surface area contributed by atoms with Gasteiger partial charge in [0, 0.05) is 23.6 Å². The SMILES string of the molecule is CC(C)[C@H]1C(=O)N(Cl)C(=O)N1Cl. The molecule has 3 amide bonds. The molecular formula is C6H8Cl2N2O2. The number of carbonyl (C=O) groups excluding carboxylic acids is 2. The van der Waals surface area contributed by atoms with E-state index in [1.807, 2.05) is 0 Å². The van der Waals surface area contributed by atoms with Gasteiger partial charge in [0.2, 0.25) is 0 Å². The van der Waals surface area contributed by atoms with Crippen LogP contribution in [-0.2, 0) is 4.79 Å². The summed E-state index contributed by atoms with van der Waals surface area (Å²) >= 11 is 10.9. The summed E-state index contributed by atoms with van der Waals surface area (Å²) in [7, 11) is 0. The van der Waals surface area contributed by atoms with Crippen LogP contribution in [0.15, 0.2) is 0 Å². The van der Waals surface area contributed by atoms with E-state index < -0.39 is 18.0 Å². The second-order valence-electron chi connectivity index (χ2n) is 2.90. The molecule has 0 N–H and O–H groups in total. The van der Waals surface area contributed by atoms with E-state index in [9.17, 15) is 9.59 Å². The van der Waals surface area contributed by atoms with Crippen LogP contribution in [0.5, 0.6) is 0 Å². The molecule has 1 fully saturated rings. The number of amides is 3. The molecule has 0 saturated carbocycles. The highest BCUT2D eigenvalue weighted by Gasteiger charge is 2.45. The summed E-state index contributed by atoms with van der Waals surface area (Å²) in [6.07, 6.45) is 0. The molecule has 0 aliphatic carbocycles. The van der Waals surface area contributed by atoms with Crippen molar-refractivity contribution in [3.63, 3.8) is 0 Å². The van der Waals surface area contributed by atoms with Gasteiger partial charge in [-0.3, -0.25) is 4.79 Å². The van der Waals surface area contributed by atoms with E-state index in [1.54, 1.807) is 13.8 Å². The van der Waals surface area contributed by atoms with Gasteiger partial charge in [-0.1, -0.05) is 13.8 Å². The fourth-order valence-electron chi connectivity index (χ4n) is 1.06. The Morgan fingerprint density at radius 3 is 2.00 bits per heavy atom. The van der Waals surface area contributed by atoms with Crippen molar-refractivity contribution < 1.29 is 9.59 Å². The van der Waals surface area contributed by atoms with Crippen LogP contribution in [0.25, 0.3) is 0 Å². The van der Waals surface area contributed by atoms with Crippen molar-refractivity contribution in [2.75, 3.05) is 0 Å². The zero-order valence-corrected chi connectivity index (χ0v) is 8.13. The molecule has 1 atom stereocenters. The van der Waals surface area contributed by atoms with E-state index in [0.29, 0.717) is 4.42 Å². The van der Waals surface area contributed by atoms with Crippen LogP contribution in [0.4, 0.5) is 4.79 Å². The maximum absolute atomic E-state index is 11.2. The standard InChI is InChI=1S/C6H8Cl2N2O2/c1-3(2)4-5(11)10(8)6(12)9(4)7/h3-4H,1-2H3/t4-/m0/s1. The molecule has 0 bridgehead atoms. The largest absolute Gasteiger partial charge is 0.357 e. The number of hydrogen-bond donors (Lipinski definition) is 0. The summed E-state index contributed by atoms with van der Waals surface area (Å²) in [6.45, 7) is 3.59. The molecule has 4 nitrogen and oxygen atoms in total. The maximum atomic E-state index is 11.2. The maximum Gasteiger partial charge on any atom is 0.357 e. The minimum absolute atomic E-state index is 0.0392. The topological polar surface area (TPSA) is 40.6 Å². The van der Waals surface area contributed by atoms with E-state index in [-0.39, 0.29) is 5.92 Å². The van der Waals surface area contributed by atoms with E-state index in [2.05, 4.69) is 0 Å². The Kier molecular flexibility index (Phi) is 2.49. The van der Waals surface area contributed by atoms with Crippen molar-refractivity contribution >= 4 is 35.5 Å². The van der Waals surface area contributed by atoms with Gasteiger partial charge in [0.15, 0.2) is 0 Å². The molecule has 1 saturated heterocycles. The lowest BCUT2D eigenvalue weighted by molar-refractivity contribution is -0.125. The summed E-state index contributed by atoms with van der Waals surface area (Å²) in [5, 5.41) is 0. The predicted molar refractivity (Wildman–Crippen MR) is 44.4 cm³/mol. The van der Waals surface area contributed by atoms with Crippen molar-refractivity contribution in [2.24, 2.45) is 5.92 Å². The number of carbonyl (C=O) groups is 2. The molecule has 6 heteroatoms. The normalized spacial score (nSPS) is 24.6. The van der Waals surface area contributed by atoms with Gasteiger partial charge < -0.3 is 0 Å². The number of rotatable bonds is 1. The zero-order valence-electron chi connectivity index (χ0n) is 6.62. The summed E-state index contributed by atoms with van der Waals surface area (Å²) in [4.78, 5) is 22.2. The molecule has 0 unspecified atom stereocenters. The van der Waals surface area contributed by atoms with Gasteiger partial charge in [-0.25, -0.2) is 9.21 Å². The first-order valence-corrected chi connectivity index (χ1v) is 4.13. The van der Waals surface area contributed by atoms with Gasteiger partial charge >= 0.3 is 6.03 Å². The highest BCUT2D eigenvalue weighted by atomic mass is 35.5. The Labute approximate surface area is 80.2 Å². The van der Waals surface area contributed by atoms with Crippen molar-refractivity contribution in [1.82, 2.24) is 8.84 Å². The minimum Gasteiger partial charge on any atom is -0.271 e. The molecule has 1 aliphatic rings. The summed E-state index contributed by atoms with van der Waals surface area (Å²) in [5.74, 6) is -0.505. The zero-order chi connectivity index (χ0) is 9.46. The Morgan fingerprint density at radius 1 is 1.33 bits per heavy atom. The summed E-state index contributed by atoms with van der Waals surface area (Å²) < 4.78 is 1.34. The number of imide groups is 1. The molecule has 1 heterocycles. The Hall–Kier alpha value is -0.480. The molecule has 0 aromatic carbocycles. The van der Waals surface area contributed by atoms with Crippen LogP contribution in [-0.4, -0.2) is 26.8 Å². The van der Waals surface area contributed by atoms with Crippen LogP contribution < -0.4 is 0 Å². The predicted octanol–water partition coefficient (Wildman–Crippen LogP) is 1.58. The lowest BCUT2D eigenvalue weighted by Gasteiger charge is -2.15. The van der Waals surface area contributed by atoms with Crippen LogP contribution in [0.3, 0.4) is 0 Å². The van der Waals surface area contributed by atoms with Crippen molar-refractivity contribution in [3.05, 3.63) is 0 Å². The number of halogens is 2. The van der Waals surface area contributed by atoms with Crippen molar-refractivity contribution in [2.45, 2.75) is 19.9 Å². The fourth-order valence-corrected chi connectivity index (χ4v) is 1.66. The molecule has 68 valence electrons. The highest BCUT2D eigenvalue weighted by molar-refractivity contribution is 6.38. The molecule has 0 aromatic rings. The Bertz CT molecular complexity index is 232. The molecule has 0 spiro atoms. The smallest absolute Gasteiger partial charge is 0.271 e. The van der Waals surface area contributed by atoms with E-state index in [0.717, 1.165) is 4.42 Å². The van der Waals surface area contributed by atoms with Gasteiger partial charge in [-0.05, 0) is 5.92 Å². The van der Waals surface area contributed by atoms with Crippen LogP contribution in [0.1, 0.15) is 13.8 Å². The van der Waals surface area contributed by atoms with E-state index >= 15 is 0 Å². The average Bonchev–Trinajstić information content (AvgIpc) is 2.16. The quantitative estimate of drug-likeness (QED) is 0.488.